The molecule has 0 aliphatic rings. The predicted octanol–water partition coefficient (Wildman–Crippen LogP) is 3.79. The van der Waals surface area contributed by atoms with Crippen molar-refractivity contribution in [3.8, 4) is 0 Å². The number of aromatic nitrogens is 2. The molecular formula is C12H6F6N2O2S2. The maximum absolute atomic E-state index is 12.4. The monoisotopic (exact) mass is 388 g/mol. The van der Waals surface area contributed by atoms with Crippen molar-refractivity contribution in [3.63, 3.8) is 0 Å². The molecule has 0 saturated heterocycles. The molecule has 0 saturated carbocycles. The van der Waals surface area contributed by atoms with E-state index in [-0.39, 0.29) is 19.5 Å². The Labute approximate surface area is 138 Å². The fraction of sp³-hybridized carbons (Fsp3) is 0.167. The molecule has 2 aromatic rings. The number of nitrogens with zero attached hydrogens (tertiary/aromatic N) is 2. The molecule has 24 heavy (non-hydrogen) atoms. The normalized spacial score (nSPS) is 12.4. The molecule has 130 valence electrons. The predicted molar refractivity (Wildman–Crippen MR) is 72.5 cm³/mol. The minimum Gasteiger partial charge on any atom is -0.618 e. The first-order valence-corrected chi connectivity index (χ1v) is 8.09. The summed E-state index contributed by atoms with van der Waals surface area (Å²) in [6.07, 6.45) is -8.68. The number of alkyl halides is 6. The molecule has 2 heterocycles. The second kappa shape index (κ2) is 6.59. The molecule has 0 aromatic carbocycles. The van der Waals surface area contributed by atoms with Gasteiger partial charge >= 0.3 is 12.4 Å². The van der Waals surface area contributed by atoms with Crippen molar-refractivity contribution in [1.82, 2.24) is 0 Å². The molecule has 0 radical (unpaired) electrons. The summed E-state index contributed by atoms with van der Waals surface area (Å²) >= 11 is 0. The van der Waals surface area contributed by atoms with Gasteiger partial charge in [-0.1, -0.05) is 0 Å². The Kier molecular flexibility index (Phi) is 5.08. The lowest BCUT2D eigenvalue weighted by Crippen LogP contribution is -2.31. The number of hydrogen-bond acceptors (Lipinski definition) is 4. The highest BCUT2D eigenvalue weighted by molar-refractivity contribution is 8.76. The van der Waals surface area contributed by atoms with E-state index in [1.54, 1.807) is 0 Å². The molecule has 0 atom stereocenters. The Morgan fingerprint density at radius 2 is 1.00 bits per heavy atom. The minimum absolute atomic E-state index is 0.0281. The molecular weight excluding hydrogens is 382 g/mol. The zero-order valence-electron chi connectivity index (χ0n) is 11.3. The maximum Gasteiger partial charge on any atom is 0.422 e. The molecule has 0 aliphatic heterocycles. The van der Waals surface area contributed by atoms with E-state index >= 15 is 0 Å². The Morgan fingerprint density at radius 3 is 1.25 bits per heavy atom. The van der Waals surface area contributed by atoms with Crippen LogP contribution in [0.2, 0.25) is 0 Å². The highest BCUT2D eigenvalue weighted by atomic mass is 33.1. The van der Waals surface area contributed by atoms with E-state index in [4.69, 9.17) is 0 Å². The minimum atomic E-state index is -4.67. The van der Waals surface area contributed by atoms with Gasteiger partial charge in [-0.25, -0.2) is 0 Å². The highest BCUT2D eigenvalue weighted by Gasteiger charge is 2.34. The number of rotatable bonds is 3. The Balaban J connectivity index is 2.14. The fourth-order valence-corrected chi connectivity index (χ4v) is 3.44. The molecule has 0 aliphatic carbocycles. The Morgan fingerprint density at radius 1 is 0.667 bits per heavy atom. The third kappa shape index (κ3) is 4.38. The van der Waals surface area contributed by atoms with Crippen molar-refractivity contribution in [2.24, 2.45) is 0 Å². The summed E-state index contributed by atoms with van der Waals surface area (Å²) in [5.74, 6) is 0. The molecule has 4 nitrogen and oxygen atoms in total. The maximum atomic E-state index is 12.4. The van der Waals surface area contributed by atoms with Gasteiger partial charge in [0.2, 0.25) is 0 Å². The lowest BCUT2D eigenvalue weighted by Gasteiger charge is -2.09. The van der Waals surface area contributed by atoms with Crippen molar-refractivity contribution in [1.29, 1.82) is 0 Å². The summed E-state index contributed by atoms with van der Waals surface area (Å²) in [6, 6.07) is 3.20. The van der Waals surface area contributed by atoms with Gasteiger partial charge in [-0.15, -0.1) is 0 Å². The lowest BCUT2D eigenvalue weighted by atomic mass is 10.3. The molecule has 2 aromatic heterocycles. The van der Waals surface area contributed by atoms with Crippen LogP contribution in [0.1, 0.15) is 11.1 Å². The molecule has 0 amide bonds. The third-order valence-corrected chi connectivity index (χ3v) is 4.96. The zero-order valence-corrected chi connectivity index (χ0v) is 12.9. The first kappa shape index (κ1) is 18.5. The van der Waals surface area contributed by atoms with Crippen LogP contribution in [0.25, 0.3) is 0 Å². The van der Waals surface area contributed by atoms with Crippen LogP contribution in [0.5, 0.6) is 0 Å². The molecule has 12 heteroatoms. The fourth-order valence-electron chi connectivity index (χ4n) is 1.48. The largest absolute Gasteiger partial charge is 0.618 e. The van der Waals surface area contributed by atoms with Crippen LogP contribution >= 0.6 is 21.6 Å². The average molecular weight is 388 g/mol. The van der Waals surface area contributed by atoms with Crippen molar-refractivity contribution in [3.05, 3.63) is 58.2 Å². The molecule has 0 unspecified atom stereocenters. The third-order valence-electron chi connectivity index (χ3n) is 2.63. The van der Waals surface area contributed by atoms with Crippen LogP contribution in [0.15, 0.2) is 46.7 Å². The van der Waals surface area contributed by atoms with Crippen molar-refractivity contribution in [2.45, 2.75) is 22.4 Å². The van der Waals surface area contributed by atoms with E-state index in [2.05, 4.69) is 0 Å². The van der Waals surface area contributed by atoms with Crippen LogP contribution in [-0.4, -0.2) is 0 Å². The van der Waals surface area contributed by atoms with Gasteiger partial charge in [0.05, 0.1) is 0 Å². The van der Waals surface area contributed by atoms with Crippen LogP contribution < -0.4 is 9.46 Å². The summed E-state index contributed by atoms with van der Waals surface area (Å²) in [4.78, 5) is 0. The Hall–Kier alpha value is -1.82. The van der Waals surface area contributed by atoms with Gasteiger partial charge in [0, 0.05) is 33.7 Å². The van der Waals surface area contributed by atoms with Gasteiger partial charge in [0.15, 0.2) is 12.4 Å². The van der Waals surface area contributed by atoms with Crippen molar-refractivity contribution in [2.75, 3.05) is 0 Å². The van der Waals surface area contributed by atoms with E-state index in [1.165, 1.54) is 0 Å². The number of hydrogen-bond donors (Lipinski definition) is 0. The summed E-state index contributed by atoms with van der Waals surface area (Å²) in [6.45, 7) is 0. The highest BCUT2D eigenvalue weighted by Crippen LogP contribution is 2.36. The van der Waals surface area contributed by atoms with E-state index < -0.39 is 23.5 Å². The number of pyridine rings is 2. The standard InChI is InChI=1S/C12H6F6N2O2S2/c13-11(14,15)7-1-3-9(19(21)5-7)23-24-10-4-2-8(6-20(10)22)12(16,17)18/h1-6H. The quantitative estimate of drug-likeness (QED) is 0.348. The average Bonchev–Trinajstić information content (AvgIpc) is 2.45. The first-order chi connectivity index (χ1) is 11.0. The van der Waals surface area contributed by atoms with E-state index in [0.717, 1.165) is 12.1 Å². The zero-order chi connectivity index (χ0) is 18.1. The second-order valence-corrected chi connectivity index (χ2v) is 6.50. The van der Waals surface area contributed by atoms with Gasteiger partial charge in [0.25, 0.3) is 10.1 Å². The summed E-state index contributed by atoms with van der Waals surface area (Å²) in [7, 11) is 1.29. The van der Waals surface area contributed by atoms with E-state index in [1.807, 2.05) is 0 Å². The SMILES string of the molecule is [O-][n+]1cc(C(F)(F)F)ccc1SSc1ccc(C(F)(F)F)c[n+]1[O-]. The molecule has 0 N–H and O–H groups in total. The van der Waals surface area contributed by atoms with E-state index in [9.17, 15) is 36.8 Å². The molecule has 2 rings (SSSR count). The first-order valence-electron chi connectivity index (χ1n) is 5.94. The van der Waals surface area contributed by atoms with Crippen LogP contribution in [0.4, 0.5) is 26.3 Å². The van der Waals surface area contributed by atoms with E-state index in [0.29, 0.717) is 46.1 Å². The summed E-state index contributed by atoms with van der Waals surface area (Å²) < 4.78 is 74.6. The van der Waals surface area contributed by atoms with Gasteiger partial charge in [-0.2, -0.15) is 35.8 Å². The van der Waals surface area contributed by atoms with Gasteiger partial charge < -0.3 is 10.4 Å². The summed E-state index contributed by atoms with van der Waals surface area (Å²) in [5, 5.41) is 22.7. The smallest absolute Gasteiger partial charge is 0.422 e. The molecule has 0 spiro atoms. The van der Waals surface area contributed by atoms with Crippen LogP contribution in [0, 0.1) is 10.4 Å². The number of halogens is 6. The van der Waals surface area contributed by atoms with Gasteiger partial charge in [-0.3, -0.25) is 0 Å². The van der Waals surface area contributed by atoms with Crippen molar-refractivity contribution >= 4 is 21.6 Å². The Bertz CT molecular complexity index is 688. The molecule has 0 fully saturated rings. The topological polar surface area (TPSA) is 53.9 Å². The molecule has 0 bridgehead atoms. The summed E-state index contributed by atoms with van der Waals surface area (Å²) in [5.41, 5.74) is -2.28. The van der Waals surface area contributed by atoms with Crippen molar-refractivity contribution < 1.29 is 35.8 Å². The second-order valence-electron chi connectivity index (χ2n) is 4.33. The lowest BCUT2D eigenvalue weighted by molar-refractivity contribution is -0.647. The van der Waals surface area contributed by atoms with Crippen LogP contribution in [-0.2, 0) is 12.4 Å². The van der Waals surface area contributed by atoms with Crippen LogP contribution in [0.3, 0.4) is 0 Å². The van der Waals surface area contributed by atoms with Gasteiger partial charge in [-0.05, 0) is 12.1 Å². The van der Waals surface area contributed by atoms with Gasteiger partial charge in [0.1, 0.15) is 11.1 Å².